The molecule has 0 aliphatic carbocycles. The second-order valence-corrected chi connectivity index (χ2v) is 9.90. The Balaban J connectivity index is 1.98. The molecule has 9 heteroatoms. The second kappa shape index (κ2) is 9.63. The number of benzene rings is 3. The number of anilines is 1. The van der Waals surface area contributed by atoms with Gasteiger partial charge in [0.1, 0.15) is 17.3 Å². The lowest BCUT2D eigenvalue weighted by atomic mass is 9.85. The standard InChI is InChI=1S/C29H25F4NO4/c1-28(2,3)17-11-14-22(38-4)20(15-17)25(35)23-24(19-7-5-6-8-21(19)30)34(27(37)26(23)36)18-12-9-16(10-13-18)29(31,32)33/h5-15,24,35H,1-4H3/b25-23+. The van der Waals surface area contributed by atoms with E-state index in [1.54, 1.807) is 18.2 Å². The quantitative estimate of drug-likeness (QED) is 0.176. The second-order valence-electron chi connectivity index (χ2n) is 9.90. The van der Waals surface area contributed by atoms with E-state index in [9.17, 15) is 27.9 Å². The molecule has 38 heavy (non-hydrogen) atoms. The number of amides is 1. The summed E-state index contributed by atoms with van der Waals surface area (Å²) in [6.07, 6.45) is -4.62. The summed E-state index contributed by atoms with van der Waals surface area (Å²) in [5.74, 6) is -3.38. The molecular weight excluding hydrogens is 502 g/mol. The van der Waals surface area contributed by atoms with Crippen LogP contribution in [-0.4, -0.2) is 23.9 Å². The SMILES string of the molecule is COc1ccc(C(C)(C)C)cc1/C(O)=C1\C(=O)C(=O)N(c2ccc(C(F)(F)F)cc2)C1c1ccccc1F. The van der Waals surface area contributed by atoms with Crippen molar-refractivity contribution in [2.45, 2.75) is 38.4 Å². The predicted octanol–water partition coefficient (Wildman–Crippen LogP) is 6.78. The first kappa shape index (κ1) is 26.9. The molecule has 1 unspecified atom stereocenters. The number of ketones is 1. The van der Waals surface area contributed by atoms with Crippen LogP contribution in [0.15, 0.2) is 72.3 Å². The molecule has 1 aliphatic rings. The van der Waals surface area contributed by atoms with Gasteiger partial charge in [-0.1, -0.05) is 45.0 Å². The normalized spacial score (nSPS) is 17.7. The van der Waals surface area contributed by atoms with Crippen molar-refractivity contribution in [1.82, 2.24) is 0 Å². The van der Waals surface area contributed by atoms with Gasteiger partial charge in [0.15, 0.2) is 0 Å². The van der Waals surface area contributed by atoms with Gasteiger partial charge in [-0.15, -0.1) is 0 Å². The van der Waals surface area contributed by atoms with Gasteiger partial charge in [-0.25, -0.2) is 4.39 Å². The maximum absolute atomic E-state index is 15.1. The number of Topliss-reactive ketones (excluding diaryl/α,β-unsaturated/α-hetero) is 1. The van der Waals surface area contributed by atoms with Crippen LogP contribution >= 0.6 is 0 Å². The van der Waals surface area contributed by atoms with E-state index in [1.165, 1.54) is 25.3 Å². The van der Waals surface area contributed by atoms with Gasteiger partial charge < -0.3 is 9.84 Å². The van der Waals surface area contributed by atoms with Crippen LogP contribution in [0.2, 0.25) is 0 Å². The highest BCUT2D eigenvalue weighted by molar-refractivity contribution is 6.51. The molecular formula is C29H25F4NO4. The Hall–Kier alpha value is -4.14. The number of aliphatic hydroxyl groups is 1. The van der Waals surface area contributed by atoms with E-state index in [4.69, 9.17) is 4.74 Å². The lowest BCUT2D eigenvalue weighted by molar-refractivity contribution is -0.137. The summed E-state index contributed by atoms with van der Waals surface area (Å²) in [7, 11) is 1.37. The third-order valence-electron chi connectivity index (χ3n) is 6.44. The number of alkyl halides is 3. The molecule has 5 nitrogen and oxygen atoms in total. The van der Waals surface area contributed by atoms with Gasteiger partial charge in [-0.3, -0.25) is 14.5 Å². The van der Waals surface area contributed by atoms with Gasteiger partial charge in [0.05, 0.1) is 29.9 Å². The minimum atomic E-state index is -4.62. The van der Waals surface area contributed by atoms with Crippen LogP contribution in [0.4, 0.5) is 23.2 Å². The van der Waals surface area contributed by atoms with E-state index in [0.717, 1.165) is 40.8 Å². The summed E-state index contributed by atoms with van der Waals surface area (Å²) in [4.78, 5) is 27.5. The summed E-state index contributed by atoms with van der Waals surface area (Å²) >= 11 is 0. The molecule has 0 aromatic heterocycles. The molecule has 0 bridgehead atoms. The molecule has 1 aliphatic heterocycles. The first-order chi connectivity index (χ1) is 17.8. The molecule has 1 fully saturated rings. The summed E-state index contributed by atoms with van der Waals surface area (Å²) in [6.45, 7) is 5.84. The van der Waals surface area contributed by atoms with E-state index in [1.807, 2.05) is 20.8 Å². The number of ether oxygens (including phenoxy) is 1. The van der Waals surface area contributed by atoms with Crippen LogP contribution in [-0.2, 0) is 21.2 Å². The summed E-state index contributed by atoms with van der Waals surface area (Å²) in [5.41, 5.74) is -0.986. The highest BCUT2D eigenvalue weighted by Crippen LogP contribution is 2.45. The van der Waals surface area contributed by atoms with Gasteiger partial charge in [-0.05, 0) is 53.4 Å². The van der Waals surface area contributed by atoms with Crippen LogP contribution < -0.4 is 9.64 Å². The van der Waals surface area contributed by atoms with Crippen molar-refractivity contribution in [2.75, 3.05) is 12.0 Å². The number of carbonyl (C=O) groups is 2. The summed E-state index contributed by atoms with van der Waals surface area (Å²) in [6, 6.07) is 12.6. The van der Waals surface area contributed by atoms with Gasteiger partial charge in [0, 0.05) is 11.3 Å². The van der Waals surface area contributed by atoms with Crippen LogP contribution in [0.3, 0.4) is 0 Å². The Bertz CT molecular complexity index is 1440. The average Bonchev–Trinajstić information content (AvgIpc) is 3.12. The van der Waals surface area contributed by atoms with Crippen LogP contribution in [0.1, 0.15) is 49.1 Å². The Labute approximate surface area is 217 Å². The Morgan fingerprint density at radius 3 is 2.08 bits per heavy atom. The van der Waals surface area contributed by atoms with E-state index in [0.29, 0.717) is 0 Å². The number of halogens is 4. The van der Waals surface area contributed by atoms with Crippen LogP contribution in [0, 0.1) is 5.82 Å². The summed E-state index contributed by atoms with van der Waals surface area (Å²) < 4.78 is 59.9. The molecule has 4 rings (SSSR count). The molecule has 1 atom stereocenters. The van der Waals surface area contributed by atoms with E-state index in [-0.39, 0.29) is 28.0 Å². The average molecular weight is 528 g/mol. The summed E-state index contributed by atoms with van der Waals surface area (Å²) in [5, 5.41) is 11.5. The predicted molar refractivity (Wildman–Crippen MR) is 134 cm³/mol. The zero-order valence-corrected chi connectivity index (χ0v) is 21.1. The number of methoxy groups -OCH3 is 1. The van der Waals surface area contributed by atoms with Gasteiger partial charge >= 0.3 is 6.18 Å². The molecule has 198 valence electrons. The fourth-order valence-corrected chi connectivity index (χ4v) is 4.41. The molecule has 1 saturated heterocycles. The lowest BCUT2D eigenvalue weighted by Gasteiger charge is -2.26. The van der Waals surface area contributed by atoms with Crippen molar-refractivity contribution in [2.24, 2.45) is 0 Å². The molecule has 1 heterocycles. The molecule has 0 saturated carbocycles. The van der Waals surface area contributed by atoms with Gasteiger partial charge in [0.2, 0.25) is 0 Å². The van der Waals surface area contributed by atoms with Crippen molar-refractivity contribution in [1.29, 1.82) is 0 Å². The van der Waals surface area contributed by atoms with Crippen molar-refractivity contribution in [3.05, 3.63) is 100 Å². The number of carbonyl (C=O) groups excluding carboxylic acids is 2. The molecule has 0 radical (unpaired) electrons. The Morgan fingerprint density at radius 1 is 0.921 bits per heavy atom. The number of hydrogen-bond donors (Lipinski definition) is 1. The largest absolute Gasteiger partial charge is 0.507 e. The zero-order chi connectivity index (χ0) is 28.0. The first-order valence-corrected chi connectivity index (χ1v) is 11.7. The fraction of sp³-hybridized carbons (Fsp3) is 0.241. The Morgan fingerprint density at radius 2 is 1.53 bits per heavy atom. The molecule has 1 N–H and O–H groups in total. The number of hydrogen-bond acceptors (Lipinski definition) is 4. The minimum absolute atomic E-state index is 0.0668. The highest BCUT2D eigenvalue weighted by atomic mass is 19.4. The number of rotatable bonds is 4. The maximum Gasteiger partial charge on any atom is 0.416 e. The van der Waals surface area contributed by atoms with Gasteiger partial charge in [-0.2, -0.15) is 13.2 Å². The third-order valence-corrected chi connectivity index (χ3v) is 6.44. The lowest BCUT2D eigenvalue weighted by Crippen LogP contribution is -2.30. The monoisotopic (exact) mass is 527 g/mol. The van der Waals surface area contributed by atoms with Crippen molar-refractivity contribution in [3.8, 4) is 5.75 Å². The van der Waals surface area contributed by atoms with E-state index >= 15 is 4.39 Å². The van der Waals surface area contributed by atoms with Crippen molar-refractivity contribution in [3.63, 3.8) is 0 Å². The Kier molecular flexibility index (Phi) is 6.82. The number of aliphatic hydroxyl groups excluding tert-OH is 1. The zero-order valence-electron chi connectivity index (χ0n) is 21.1. The van der Waals surface area contributed by atoms with Crippen molar-refractivity contribution < 1.29 is 37.0 Å². The van der Waals surface area contributed by atoms with E-state index in [2.05, 4.69) is 0 Å². The van der Waals surface area contributed by atoms with Crippen LogP contribution in [0.5, 0.6) is 5.75 Å². The smallest absolute Gasteiger partial charge is 0.416 e. The fourth-order valence-electron chi connectivity index (χ4n) is 4.41. The third kappa shape index (κ3) is 4.76. The van der Waals surface area contributed by atoms with E-state index < -0.39 is 46.6 Å². The molecule has 3 aromatic rings. The highest BCUT2D eigenvalue weighted by Gasteiger charge is 2.48. The molecule has 0 spiro atoms. The minimum Gasteiger partial charge on any atom is -0.507 e. The molecule has 1 amide bonds. The number of nitrogens with zero attached hydrogens (tertiary/aromatic N) is 1. The maximum atomic E-state index is 15.1. The van der Waals surface area contributed by atoms with Crippen molar-refractivity contribution >= 4 is 23.1 Å². The first-order valence-electron chi connectivity index (χ1n) is 11.7. The topological polar surface area (TPSA) is 66.8 Å². The molecule has 3 aromatic carbocycles. The van der Waals surface area contributed by atoms with Gasteiger partial charge in [0.25, 0.3) is 11.7 Å². The van der Waals surface area contributed by atoms with Crippen LogP contribution in [0.25, 0.3) is 5.76 Å².